The molecule has 0 aromatic carbocycles. The lowest BCUT2D eigenvalue weighted by atomic mass is 9.79. The zero-order valence-corrected chi connectivity index (χ0v) is 8.21. The van der Waals surface area contributed by atoms with Crippen molar-refractivity contribution in [1.82, 2.24) is 0 Å². The van der Waals surface area contributed by atoms with E-state index in [4.69, 9.17) is 0 Å². The summed E-state index contributed by atoms with van der Waals surface area (Å²) >= 11 is 0. The van der Waals surface area contributed by atoms with Gasteiger partial charge in [0.15, 0.2) is 0 Å². The fourth-order valence-electron chi connectivity index (χ4n) is 1.79. The fourth-order valence-corrected chi connectivity index (χ4v) is 1.79. The Balaban J connectivity index is 2.73. The van der Waals surface area contributed by atoms with Crippen molar-refractivity contribution in [3.63, 3.8) is 0 Å². The first kappa shape index (κ1) is 9.50. The van der Waals surface area contributed by atoms with Crippen LogP contribution in [0.15, 0.2) is 11.6 Å². The smallest absolute Gasteiger partial charge is 0.145 e. The molecule has 0 bridgehead atoms. The molecule has 0 aliphatic heterocycles. The first-order chi connectivity index (χ1) is 5.65. The molecule has 0 N–H and O–H groups in total. The quantitative estimate of drug-likeness (QED) is 0.576. The van der Waals surface area contributed by atoms with Crippen molar-refractivity contribution < 1.29 is 4.79 Å². The minimum atomic E-state index is 0.484. The van der Waals surface area contributed by atoms with Crippen LogP contribution in [-0.4, -0.2) is 6.29 Å². The van der Waals surface area contributed by atoms with Crippen molar-refractivity contribution in [3.8, 4) is 0 Å². The standard InChI is InChI=1S/C11H18O/c1-8(2)10-5-4-9(3)11(6-10)7-12/h6-10H,4-5H2,1-3H3/t9-,10?/m1/s1. The Morgan fingerprint density at radius 1 is 1.50 bits per heavy atom. The summed E-state index contributed by atoms with van der Waals surface area (Å²) in [4.78, 5) is 10.7. The van der Waals surface area contributed by atoms with Crippen LogP contribution in [-0.2, 0) is 4.79 Å². The van der Waals surface area contributed by atoms with Gasteiger partial charge in [-0.1, -0.05) is 26.8 Å². The SMILES string of the molecule is CC(C)C1C=C(C=O)[C@H](C)CC1. The highest BCUT2D eigenvalue weighted by Gasteiger charge is 2.20. The molecule has 0 aromatic heterocycles. The molecule has 0 saturated heterocycles. The maximum atomic E-state index is 10.7. The van der Waals surface area contributed by atoms with Crippen LogP contribution < -0.4 is 0 Å². The average molecular weight is 166 g/mol. The molecule has 1 heteroatoms. The normalized spacial score (nSPS) is 30.2. The highest BCUT2D eigenvalue weighted by molar-refractivity contribution is 5.74. The van der Waals surface area contributed by atoms with Crippen LogP contribution in [0.2, 0.25) is 0 Å². The Hall–Kier alpha value is -0.590. The highest BCUT2D eigenvalue weighted by atomic mass is 16.1. The largest absolute Gasteiger partial charge is 0.298 e. The molecule has 12 heavy (non-hydrogen) atoms. The van der Waals surface area contributed by atoms with Crippen molar-refractivity contribution in [2.75, 3.05) is 0 Å². The van der Waals surface area contributed by atoms with Crippen LogP contribution in [0.4, 0.5) is 0 Å². The van der Waals surface area contributed by atoms with Crippen molar-refractivity contribution in [2.24, 2.45) is 17.8 Å². The van der Waals surface area contributed by atoms with Crippen molar-refractivity contribution in [2.45, 2.75) is 33.6 Å². The van der Waals surface area contributed by atoms with E-state index < -0.39 is 0 Å². The third kappa shape index (κ3) is 1.96. The van der Waals surface area contributed by atoms with Gasteiger partial charge in [-0.3, -0.25) is 4.79 Å². The van der Waals surface area contributed by atoms with Crippen LogP contribution in [0.25, 0.3) is 0 Å². The van der Waals surface area contributed by atoms with E-state index in [0.29, 0.717) is 17.8 Å². The molecule has 0 aromatic rings. The Labute approximate surface area is 74.9 Å². The summed E-state index contributed by atoms with van der Waals surface area (Å²) in [6, 6.07) is 0. The lowest BCUT2D eigenvalue weighted by Crippen LogP contribution is -2.16. The van der Waals surface area contributed by atoms with E-state index in [9.17, 15) is 4.79 Å². The summed E-state index contributed by atoms with van der Waals surface area (Å²) in [5.74, 6) is 1.78. The van der Waals surface area contributed by atoms with E-state index in [-0.39, 0.29) is 0 Å². The van der Waals surface area contributed by atoms with Gasteiger partial charge in [-0.05, 0) is 36.2 Å². The maximum Gasteiger partial charge on any atom is 0.145 e. The van der Waals surface area contributed by atoms with Gasteiger partial charge in [0, 0.05) is 0 Å². The molecule has 1 unspecified atom stereocenters. The summed E-state index contributed by atoms with van der Waals surface area (Å²) < 4.78 is 0. The van der Waals surface area contributed by atoms with Crippen LogP contribution in [0, 0.1) is 17.8 Å². The summed E-state index contributed by atoms with van der Waals surface area (Å²) in [6.07, 6.45) is 5.62. The Morgan fingerprint density at radius 2 is 2.17 bits per heavy atom. The van der Waals surface area contributed by atoms with Crippen molar-refractivity contribution >= 4 is 6.29 Å². The molecule has 0 heterocycles. The van der Waals surface area contributed by atoms with Gasteiger partial charge >= 0.3 is 0 Å². The van der Waals surface area contributed by atoms with Gasteiger partial charge < -0.3 is 0 Å². The molecule has 0 saturated carbocycles. The Kier molecular flexibility index (Phi) is 3.07. The molecule has 1 nitrogen and oxygen atoms in total. The number of hydrogen-bond donors (Lipinski definition) is 0. The van der Waals surface area contributed by atoms with Crippen LogP contribution in [0.1, 0.15) is 33.6 Å². The van der Waals surface area contributed by atoms with Crippen molar-refractivity contribution in [1.29, 1.82) is 0 Å². The molecule has 0 amide bonds. The van der Waals surface area contributed by atoms with Gasteiger partial charge in [0.05, 0.1) is 0 Å². The molecule has 68 valence electrons. The fraction of sp³-hybridized carbons (Fsp3) is 0.727. The van der Waals surface area contributed by atoms with Crippen LogP contribution >= 0.6 is 0 Å². The number of carbonyl (C=O) groups is 1. The van der Waals surface area contributed by atoms with E-state index in [1.807, 2.05) is 0 Å². The molecule has 0 fully saturated rings. The number of allylic oxidation sites excluding steroid dienone is 2. The molecular weight excluding hydrogens is 148 g/mol. The van der Waals surface area contributed by atoms with E-state index in [0.717, 1.165) is 11.9 Å². The molecule has 1 rings (SSSR count). The van der Waals surface area contributed by atoms with Gasteiger partial charge in [0.2, 0.25) is 0 Å². The Bertz CT molecular complexity index is 191. The zero-order chi connectivity index (χ0) is 9.14. The maximum absolute atomic E-state index is 10.7. The van der Waals surface area contributed by atoms with Gasteiger partial charge in [-0.2, -0.15) is 0 Å². The van der Waals surface area contributed by atoms with E-state index in [1.54, 1.807) is 0 Å². The zero-order valence-electron chi connectivity index (χ0n) is 8.21. The highest BCUT2D eigenvalue weighted by Crippen LogP contribution is 2.30. The molecule has 0 spiro atoms. The molecule has 1 aliphatic carbocycles. The molecule has 2 atom stereocenters. The molecule has 1 aliphatic rings. The third-order valence-electron chi connectivity index (χ3n) is 2.90. The predicted molar refractivity (Wildman–Crippen MR) is 50.9 cm³/mol. The van der Waals surface area contributed by atoms with Crippen LogP contribution in [0.5, 0.6) is 0 Å². The van der Waals surface area contributed by atoms with Gasteiger partial charge in [-0.25, -0.2) is 0 Å². The summed E-state index contributed by atoms with van der Waals surface area (Å²) in [6.45, 7) is 6.58. The minimum Gasteiger partial charge on any atom is -0.298 e. The average Bonchev–Trinajstić information content (AvgIpc) is 2.05. The van der Waals surface area contributed by atoms with Gasteiger partial charge in [-0.15, -0.1) is 0 Å². The first-order valence-corrected chi connectivity index (χ1v) is 4.82. The predicted octanol–water partition coefficient (Wildman–Crippen LogP) is 2.81. The van der Waals surface area contributed by atoms with Gasteiger partial charge in [0.1, 0.15) is 6.29 Å². The number of aldehydes is 1. The summed E-state index contributed by atoms with van der Waals surface area (Å²) in [5, 5.41) is 0. The van der Waals surface area contributed by atoms with E-state index in [2.05, 4.69) is 26.8 Å². The van der Waals surface area contributed by atoms with Crippen molar-refractivity contribution in [3.05, 3.63) is 11.6 Å². The minimum absolute atomic E-state index is 0.484. The number of hydrogen-bond acceptors (Lipinski definition) is 1. The molecular formula is C11H18O. The van der Waals surface area contributed by atoms with E-state index in [1.165, 1.54) is 12.8 Å². The van der Waals surface area contributed by atoms with Crippen LogP contribution in [0.3, 0.4) is 0 Å². The second kappa shape index (κ2) is 3.88. The lowest BCUT2D eigenvalue weighted by Gasteiger charge is -2.26. The third-order valence-corrected chi connectivity index (χ3v) is 2.90. The monoisotopic (exact) mass is 166 g/mol. The summed E-state index contributed by atoms with van der Waals surface area (Å²) in [5.41, 5.74) is 1.01. The van der Waals surface area contributed by atoms with E-state index >= 15 is 0 Å². The second-order valence-corrected chi connectivity index (χ2v) is 4.17. The first-order valence-electron chi connectivity index (χ1n) is 4.82. The number of carbonyl (C=O) groups excluding carboxylic acids is 1. The van der Waals surface area contributed by atoms with Gasteiger partial charge in [0.25, 0.3) is 0 Å². The second-order valence-electron chi connectivity index (χ2n) is 4.17. The number of rotatable bonds is 2. The Morgan fingerprint density at radius 3 is 2.67 bits per heavy atom. The lowest BCUT2D eigenvalue weighted by molar-refractivity contribution is -0.105. The summed E-state index contributed by atoms with van der Waals surface area (Å²) in [7, 11) is 0. The molecule has 0 radical (unpaired) electrons. The topological polar surface area (TPSA) is 17.1 Å².